The molecule has 0 spiro atoms. The van der Waals surface area contributed by atoms with E-state index < -0.39 is 23.3 Å². The van der Waals surface area contributed by atoms with Crippen molar-refractivity contribution in [3.05, 3.63) is 23.8 Å². The van der Waals surface area contributed by atoms with Gasteiger partial charge in [0.15, 0.2) is 11.7 Å². The number of rotatable bonds is 0. The first-order valence-electron chi connectivity index (χ1n) is 3.39. The van der Waals surface area contributed by atoms with E-state index in [1.54, 1.807) is 0 Å². The molecule has 0 fully saturated rings. The number of Topliss-reactive ketones (excluding diaryl/α,β-unsaturated/α-hetero) is 1. The second-order valence-corrected chi connectivity index (χ2v) is 2.37. The predicted molar refractivity (Wildman–Crippen MR) is 41.5 cm³/mol. The summed E-state index contributed by atoms with van der Waals surface area (Å²) in [6.07, 6.45) is 1.43. The molecule has 0 saturated heterocycles. The quantitative estimate of drug-likeness (QED) is 0.533. The minimum absolute atomic E-state index is 0.192. The van der Waals surface area contributed by atoms with Crippen molar-refractivity contribution < 1.29 is 18.4 Å². The summed E-state index contributed by atoms with van der Waals surface area (Å²) < 4.78 is 25.1. The second kappa shape index (κ2) is 3.38. The molecule has 0 saturated carbocycles. The summed E-state index contributed by atoms with van der Waals surface area (Å²) in [5.41, 5.74) is -0.192. The molecule has 0 aromatic carbocycles. The van der Waals surface area contributed by atoms with Gasteiger partial charge in [0.05, 0.1) is 5.71 Å². The maximum atomic E-state index is 12.6. The minimum Gasteiger partial charge on any atom is -0.283 e. The van der Waals surface area contributed by atoms with E-state index >= 15 is 0 Å². The molecule has 1 aliphatic rings. The number of aliphatic imine (C=N–C) groups is 1. The standard InChI is InChI=1S/C8H5F2NO2/c1-4(12)11-5-2-6(9)8(13)7(10)3-5/h2-3H,1H3. The largest absolute Gasteiger partial charge is 0.283 e. The van der Waals surface area contributed by atoms with Crippen LogP contribution >= 0.6 is 0 Å². The van der Waals surface area contributed by atoms with Crippen LogP contribution in [0.1, 0.15) is 6.92 Å². The van der Waals surface area contributed by atoms with Crippen LogP contribution in [0, 0.1) is 0 Å². The first-order chi connectivity index (χ1) is 6.00. The topological polar surface area (TPSA) is 46.5 Å². The molecular weight excluding hydrogens is 180 g/mol. The molecule has 5 heteroatoms. The third-order valence-corrected chi connectivity index (χ3v) is 1.27. The maximum absolute atomic E-state index is 12.6. The van der Waals surface area contributed by atoms with Gasteiger partial charge in [0.1, 0.15) is 0 Å². The fraction of sp³-hybridized carbons (Fsp3) is 0.125. The van der Waals surface area contributed by atoms with Crippen LogP contribution in [0.4, 0.5) is 8.78 Å². The zero-order valence-electron chi connectivity index (χ0n) is 6.67. The minimum atomic E-state index is -1.32. The van der Waals surface area contributed by atoms with Crippen LogP contribution in [0.5, 0.6) is 0 Å². The van der Waals surface area contributed by atoms with Gasteiger partial charge in [-0.3, -0.25) is 9.59 Å². The molecule has 1 rings (SSSR count). The number of ketones is 1. The van der Waals surface area contributed by atoms with E-state index in [1.807, 2.05) is 0 Å². The molecular formula is C8H5F2NO2. The number of hydrogen-bond acceptors (Lipinski definition) is 2. The fourth-order valence-electron chi connectivity index (χ4n) is 0.793. The number of carbonyl (C=O) groups is 2. The lowest BCUT2D eigenvalue weighted by atomic mass is 10.1. The highest BCUT2D eigenvalue weighted by atomic mass is 19.1. The van der Waals surface area contributed by atoms with Gasteiger partial charge in [-0.15, -0.1) is 0 Å². The van der Waals surface area contributed by atoms with Crippen molar-refractivity contribution in [1.82, 2.24) is 0 Å². The normalized spacial score (nSPS) is 16.5. The molecule has 0 aromatic heterocycles. The van der Waals surface area contributed by atoms with Gasteiger partial charge in [0.2, 0.25) is 11.7 Å². The molecule has 0 unspecified atom stereocenters. The molecule has 0 heterocycles. The molecule has 0 radical (unpaired) electrons. The number of allylic oxidation sites excluding steroid dienone is 4. The Morgan fingerprint density at radius 3 is 2.15 bits per heavy atom. The summed E-state index contributed by atoms with van der Waals surface area (Å²) in [4.78, 5) is 24.2. The lowest BCUT2D eigenvalue weighted by Crippen LogP contribution is -2.09. The molecule has 3 nitrogen and oxygen atoms in total. The van der Waals surface area contributed by atoms with E-state index in [0.29, 0.717) is 12.2 Å². The average molecular weight is 185 g/mol. The second-order valence-electron chi connectivity index (χ2n) is 2.37. The van der Waals surface area contributed by atoms with E-state index in [4.69, 9.17) is 0 Å². The summed E-state index contributed by atoms with van der Waals surface area (Å²) in [6, 6.07) is 0. The van der Waals surface area contributed by atoms with Gasteiger partial charge in [-0.1, -0.05) is 0 Å². The van der Waals surface area contributed by atoms with Crippen molar-refractivity contribution in [3.63, 3.8) is 0 Å². The van der Waals surface area contributed by atoms with Crippen LogP contribution < -0.4 is 0 Å². The van der Waals surface area contributed by atoms with Crippen molar-refractivity contribution in [3.8, 4) is 0 Å². The Kier molecular flexibility index (Phi) is 2.46. The van der Waals surface area contributed by atoms with Crippen LogP contribution in [-0.2, 0) is 9.59 Å². The Hall–Kier alpha value is -1.65. The summed E-state index contributed by atoms with van der Waals surface area (Å²) >= 11 is 0. The molecule has 68 valence electrons. The Balaban J connectivity index is 3.07. The Morgan fingerprint density at radius 2 is 1.77 bits per heavy atom. The zero-order valence-corrected chi connectivity index (χ0v) is 6.67. The highest BCUT2D eigenvalue weighted by molar-refractivity contribution is 6.21. The lowest BCUT2D eigenvalue weighted by molar-refractivity contribution is -0.116. The van der Waals surface area contributed by atoms with Gasteiger partial charge >= 0.3 is 0 Å². The smallest absolute Gasteiger partial charge is 0.249 e. The van der Waals surface area contributed by atoms with Crippen molar-refractivity contribution in [2.45, 2.75) is 6.92 Å². The molecule has 0 bridgehead atoms. The number of halogens is 2. The Bertz CT molecular complexity index is 342. The number of carbonyl (C=O) groups excluding carboxylic acids is 2. The average Bonchev–Trinajstić information content (AvgIpc) is 1.98. The van der Waals surface area contributed by atoms with Gasteiger partial charge in [-0.25, -0.2) is 13.8 Å². The van der Waals surface area contributed by atoms with E-state index in [2.05, 4.69) is 4.99 Å². The van der Waals surface area contributed by atoms with Crippen molar-refractivity contribution in [1.29, 1.82) is 0 Å². The predicted octanol–water partition coefficient (Wildman–Crippen LogP) is 1.26. The fourth-order valence-corrected chi connectivity index (χ4v) is 0.793. The monoisotopic (exact) mass is 185 g/mol. The maximum Gasteiger partial charge on any atom is 0.249 e. The third-order valence-electron chi connectivity index (χ3n) is 1.27. The SMILES string of the molecule is CC(=O)N=C1C=C(F)C(=O)C(F)=C1. The van der Waals surface area contributed by atoms with Gasteiger partial charge in [-0.2, -0.15) is 0 Å². The van der Waals surface area contributed by atoms with E-state index in [1.165, 1.54) is 0 Å². The summed E-state index contributed by atoms with van der Waals surface area (Å²) in [7, 11) is 0. The van der Waals surface area contributed by atoms with Gasteiger partial charge in [-0.05, 0) is 0 Å². The molecule has 0 aliphatic heterocycles. The number of amides is 1. The van der Waals surface area contributed by atoms with Crippen molar-refractivity contribution in [2.24, 2.45) is 4.99 Å². The summed E-state index contributed by atoms with van der Waals surface area (Å²) in [5.74, 6) is -4.40. The molecule has 0 N–H and O–H groups in total. The Morgan fingerprint density at radius 1 is 1.31 bits per heavy atom. The van der Waals surface area contributed by atoms with Crippen molar-refractivity contribution in [2.75, 3.05) is 0 Å². The van der Waals surface area contributed by atoms with Gasteiger partial charge in [0.25, 0.3) is 0 Å². The zero-order chi connectivity index (χ0) is 10.0. The van der Waals surface area contributed by atoms with Gasteiger partial charge < -0.3 is 0 Å². The first kappa shape index (κ1) is 9.44. The third kappa shape index (κ3) is 2.14. The highest BCUT2D eigenvalue weighted by Crippen LogP contribution is 2.15. The first-order valence-corrected chi connectivity index (χ1v) is 3.39. The molecule has 13 heavy (non-hydrogen) atoms. The van der Waals surface area contributed by atoms with Gasteiger partial charge in [0, 0.05) is 19.1 Å². The van der Waals surface area contributed by atoms with Crippen LogP contribution in [0.25, 0.3) is 0 Å². The van der Waals surface area contributed by atoms with Crippen molar-refractivity contribution >= 4 is 17.4 Å². The van der Waals surface area contributed by atoms with E-state index in [9.17, 15) is 18.4 Å². The van der Waals surface area contributed by atoms with E-state index in [-0.39, 0.29) is 5.71 Å². The Labute approximate surface area is 72.5 Å². The molecule has 0 aromatic rings. The molecule has 1 aliphatic carbocycles. The number of hydrogen-bond donors (Lipinski definition) is 0. The summed E-state index contributed by atoms with van der Waals surface area (Å²) in [6.45, 7) is 1.14. The van der Waals surface area contributed by atoms with Crippen LogP contribution in [0.3, 0.4) is 0 Å². The number of nitrogens with zero attached hydrogens (tertiary/aromatic N) is 1. The van der Waals surface area contributed by atoms with Crippen LogP contribution in [0.15, 0.2) is 28.8 Å². The molecule has 1 amide bonds. The summed E-state index contributed by atoms with van der Waals surface area (Å²) in [5, 5.41) is 0. The van der Waals surface area contributed by atoms with Crippen LogP contribution in [0.2, 0.25) is 0 Å². The molecule has 0 atom stereocenters. The highest BCUT2D eigenvalue weighted by Gasteiger charge is 2.20. The lowest BCUT2D eigenvalue weighted by Gasteiger charge is -2.01. The van der Waals surface area contributed by atoms with Crippen LogP contribution in [-0.4, -0.2) is 17.4 Å². The van der Waals surface area contributed by atoms with E-state index in [0.717, 1.165) is 6.92 Å².